The molecule has 0 saturated carbocycles. The molecule has 1 aromatic heterocycles. The van der Waals surface area contributed by atoms with Crippen LogP contribution in [0.3, 0.4) is 0 Å². The van der Waals surface area contributed by atoms with Crippen molar-refractivity contribution in [1.82, 2.24) is 4.98 Å². The van der Waals surface area contributed by atoms with Crippen LogP contribution in [-0.4, -0.2) is 17.1 Å². The molecule has 0 aliphatic rings. The zero-order valence-corrected chi connectivity index (χ0v) is 6.89. The van der Waals surface area contributed by atoms with Crippen LogP contribution >= 0.6 is 12.2 Å². The topological polar surface area (TPSA) is 48.1 Å². The standard InChI is InChI=1S/C7H8N2OS/c1-10-7(11)5-3-2-4-9-6(5)8/h2-4H,1H3,(H2,8,9). The average molecular weight is 168 g/mol. The number of aromatic nitrogens is 1. The Hall–Kier alpha value is -1.16. The number of thiocarbonyl (C=S) groups is 1. The fourth-order valence-electron chi connectivity index (χ4n) is 0.700. The molecular formula is C7H8N2OS. The number of anilines is 1. The van der Waals surface area contributed by atoms with E-state index >= 15 is 0 Å². The van der Waals surface area contributed by atoms with Crippen LogP contribution in [0.1, 0.15) is 5.56 Å². The molecule has 0 aromatic carbocycles. The summed E-state index contributed by atoms with van der Waals surface area (Å²) in [5.74, 6) is 0.402. The Bertz CT molecular complexity index is 275. The third kappa shape index (κ3) is 1.65. The second-order valence-electron chi connectivity index (χ2n) is 1.93. The Morgan fingerprint density at radius 1 is 1.73 bits per heavy atom. The SMILES string of the molecule is COC(=S)c1cccnc1N. The van der Waals surface area contributed by atoms with Crippen molar-refractivity contribution in [3.63, 3.8) is 0 Å². The van der Waals surface area contributed by atoms with Crippen molar-refractivity contribution >= 4 is 23.1 Å². The van der Waals surface area contributed by atoms with E-state index in [9.17, 15) is 0 Å². The van der Waals surface area contributed by atoms with E-state index in [1.165, 1.54) is 7.11 Å². The lowest BCUT2D eigenvalue weighted by Crippen LogP contribution is -2.05. The van der Waals surface area contributed by atoms with Crippen molar-refractivity contribution < 1.29 is 4.74 Å². The molecular weight excluding hydrogens is 160 g/mol. The summed E-state index contributed by atoms with van der Waals surface area (Å²) < 4.78 is 4.83. The molecule has 0 spiro atoms. The van der Waals surface area contributed by atoms with E-state index in [-0.39, 0.29) is 0 Å². The van der Waals surface area contributed by atoms with Crippen molar-refractivity contribution in [1.29, 1.82) is 0 Å². The van der Waals surface area contributed by atoms with Gasteiger partial charge in [0.15, 0.2) is 5.05 Å². The van der Waals surface area contributed by atoms with Crippen molar-refractivity contribution in [2.45, 2.75) is 0 Å². The average Bonchev–Trinajstić information content (AvgIpc) is 2.04. The fourth-order valence-corrected chi connectivity index (χ4v) is 0.873. The molecule has 3 nitrogen and oxygen atoms in total. The number of nitrogen functional groups attached to an aromatic ring is 1. The molecule has 0 saturated heterocycles. The first kappa shape index (κ1) is 7.94. The quantitative estimate of drug-likeness (QED) is 0.635. The molecule has 11 heavy (non-hydrogen) atoms. The van der Waals surface area contributed by atoms with Crippen LogP contribution in [-0.2, 0) is 4.74 Å². The summed E-state index contributed by atoms with van der Waals surface area (Å²) in [4.78, 5) is 3.86. The molecule has 1 aromatic rings. The second-order valence-corrected chi connectivity index (χ2v) is 2.30. The van der Waals surface area contributed by atoms with Gasteiger partial charge in [-0.1, -0.05) is 0 Å². The van der Waals surface area contributed by atoms with Gasteiger partial charge in [0.05, 0.1) is 12.7 Å². The van der Waals surface area contributed by atoms with Gasteiger partial charge >= 0.3 is 0 Å². The van der Waals surface area contributed by atoms with E-state index in [2.05, 4.69) is 4.98 Å². The van der Waals surface area contributed by atoms with Crippen LogP contribution in [0.25, 0.3) is 0 Å². The van der Waals surface area contributed by atoms with Gasteiger partial charge in [0.1, 0.15) is 5.82 Å². The molecule has 2 N–H and O–H groups in total. The third-order valence-corrected chi connectivity index (χ3v) is 1.63. The lowest BCUT2D eigenvalue weighted by atomic mass is 10.3. The van der Waals surface area contributed by atoms with Crippen molar-refractivity contribution in [3.8, 4) is 0 Å². The molecule has 0 atom stereocenters. The summed E-state index contributed by atoms with van der Waals surface area (Å²) in [5.41, 5.74) is 6.19. The highest BCUT2D eigenvalue weighted by molar-refractivity contribution is 7.80. The zero-order valence-electron chi connectivity index (χ0n) is 6.07. The molecule has 0 radical (unpaired) electrons. The number of hydrogen-bond donors (Lipinski definition) is 1. The van der Waals surface area contributed by atoms with Gasteiger partial charge in [-0.3, -0.25) is 0 Å². The van der Waals surface area contributed by atoms with Gasteiger partial charge in [0.2, 0.25) is 0 Å². The lowest BCUT2D eigenvalue weighted by molar-refractivity contribution is 0.416. The molecule has 1 heterocycles. The molecule has 0 fully saturated rings. The highest BCUT2D eigenvalue weighted by atomic mass is 32.1. The normalized spacial score (nSPS) is 9.18. The Labute approximate surface area is 70.2 Å². The van der Waals surface area contributed by atoms with Gasteiger partial charge in [0, 0.05) is 6.20 Å². The van der Waals surface area contributed by atoms with Crippen LogP contribution in [0.4, 0.5) is 5.82 Å². The summed E-state index contributed by atoms with van der Waals surface area (Å²) in [6.45, 7) is 0. The number of hydrogen-bond acceptors (Lipinski definition) is 4. The van der Waals surface area contributed by atoms with E-state index in [4.69, 9.17) is 22.7 Å². The number of pyridine rings is 1. The van der Waals surface area contributed by atoms with Crippen LogP contribution in [0.5, 0.6) is 0 Å². The van der Waals surface area contributed by atoms with Gasteiger partial charge in [0.25, 0.3) is 0 Å². The second kappa shape index (κ2) is 3.30. The zero-order chi connectivity index (χ0) is 8.27. The van der Waals surface area contributed by atoms with E-state index in [0.29, 0.717) is 16.4 Å². The Balaban J connectivity index is 3.03. The summed E-state index contributed by atoms with van der Waals surface area (Å²) in [7, 11) is 1.51. The van der Waals surface area contributed by atoms with E-state index in [1.807, 2.05) is 0 Å². The Kier molecular flexibility index (Phi) is 2.38. The van der Waals surface area contributed by atoms with Gasteiger partial charge in [-0.05, 0) is 24.4 Å². The van der Waals surface area contributed by atoms with Crippen LogP contribution in [0, 0.1) is 0 Å². The first-order valence-electron chi connectivity index (χ1n) is 3.04. The largest absolute Gasteiger partial charge is 0.486 e. The maximum Gasteiger partial charge on any atom is 0.194 e. The smallest absolute Gasteiger partial charge is 0.194 e. The number of rotatable bonds is 1. The predicted octanol–water partition coefficient (Wildman–Crippen LogP) is 0.986. The third-order valence-electron chi connectivity index (χ3n) is 1.24. The summed E-state index contributed by atoms with van der Waals surface area (Å²) in [6.07, 6.45) is 1.61. The molecule has 0 aliphatic carbocycles. The molecule has 0 bridgehead atoms. The number of ether oxygens (including phenoxy) is 1. The summed E-state index contributed by atoms with van der Waals surface area (Å²) >= 11 is 4.87. The first-order chi connectivity index (χ1) is 5.25. The monoisotopic (exact) mass is 168 g/mol. The van der Waals surface area contributed by atoms with Crippen molar-refractivity contribution in [2.75, 3.05) is 12.8 Å². The van der Waals surface area contributed by atoms with E-state index in [1.54, 1.807) is 18.3 Å². The molecule has 0 aliphatic heterocycles. The van der Waals surface area contributed by atoms with Gasteiger partial charge in [-0.25, -0.2) is 4.98 Å². The maximum atomic E-state index is 5.52. The maximum absolute atomic E-state index is 5.52. The highest BCUT2D eigenvalue weighted by Crippen LogP contribution is 2.08. The summed E-state index contributed by atoms with van der Waals surface area (Å²) in [6, 6.07) is 3.53. The van der Waals surface area contributed by atoms with Gasteiger partial charge < -0.3 is 10.5 Å². The predicted molar refractivity (Wildman–Crippen MR) is 47.4 cm³/mol. The van der Waals surface area contributed by atoms with E-state index in [0.717, 1.165) is 0 Å². The number of nitrogens with zero attached hydrogens (tertiary/aromatic N) is 1. The lowest BCUT2D eigenvalue weighted by Gasteiger charge is -2.03. The van der Waals surface area contributed by atoms with Gasteiger partial charge in [-0.2, -0.15) is 0 Å². The molecule has 4 heteroatoms. The Morgan fingerprint density at radius 3 is 3.00 bits per heavy atom. The fraction of sp³-hybridized carbons (Fsp3) is 0.143. The summed E-state index contributed by atoms with van der Waals surface area (Å²) in [5, 5.41) is 0.371. The number of nitrogens with two attached hydrogens (primary N) is 1. The van der Waals surface area contributed by atoms with Crippen molar-refractivity contribution in [2.24, 2.45) is 0 Å². The minimum Gasteiger partial charge on any atom is -0.486 e. The molecule has 0 unspecified atom stereocenters. The van der Waals surface area contributed by atoms with E-state index < -0.39 is 0 Å². The highest BCUT2D eigenvalue weighted by Gasteiger charge is 2.03. The first-order valence-corrected chi connectivity index (χ1v) is 3.45. The van der Waals surface area contributed by atoms with Crippen molar-refractivity contribution in [3.05, 3.63) is 23.9 Å². The van der Waals surface area contributed by atoms with Gasteiger partial charge in [-0.15, -0.1) is 0 Å². The van der Waals surface area contributed by atoms with Crippen LogP contribution in [0.2, 0.25) is 0 Å². The minimum absolute atomic E-state index is 0.371. The molecule has 58 valence electrons. The van der Waals surface area contributed by atoms with Crippen LogP contribution < -0.4 is 5.73 Å². The van der Waals surface area contributed by atoms with Crippen LogP contribution in [0.15, 0.2) is 18.3 Å². The number of methoxy groups -OCH3 is 1. The minimum atomic E-state index is 0.371. The molecule has 0 amide bonds. The molecule has 1 rings (SSSR count). The Morgan fingerprint density at radius 2 is 2.45 bits per heavy atom.